The van der Waals surface area contributed by atoms with Gasteiger partial charge < -0.3 is 5.32 Å². The molecule has 0 radical (unpaired) electrons. The lowest BCUT2D eigenvalue weighted by molar-refractivity contribution is -0.137. The number of carbonyl (C=O) groups is 1. The smallest absolute Gasteiger partial charge is 0.317 e. The molecule has 1 amide bonds. The normalized spacial score (nSPS) is 12.0. The summed E-state index contributed by atoms with van der Waals surface area (Å²) in [6.07, 6.45) is -7.58. The molecule has 5 nitrogen and oxygen atoms in total. The van der Waals surface area contributed by atoms with Crippen LogP contribution < -0.4 is 5.32 Å². The zero-order chi connectivity index (χ0) is 17.5. The average Bonchev–Trinajstić information content (AvgIpc) is 2.90. The predicted octanol–water partition coefficient (Wildman–Crippen LogP) is 3.70. The number of hydrogen-bond acceptors (Lipinski definition) is 4. The van der Waals surface area contributed by atoms with Crippen molar-refractivity contribution in [2.24, 2.45) is 7.05 Å². The van der Waals surface area contributed by atoms with Crippen LogP contribution in [0.1, 0.15) is 38.2 Å². The van der Waals surface area contributed by atoms with E-state index in [1.54, 1.807) is 0 Å². The number of rotatable bonds is 3. The first kappa shape index (κ1) is 17.3. The molecule has 0 spiro atoms. The Hall–Kier alpha value is -2.04. The van der Waals surface area contributed by atoms with E-state index in [1.807, 2.05) is 0 Å². The molecule has 126 valence electrons. The monoisotopic (exact) mass is 354 g/mol. The molecule has 23 heavy (non-hydrogen) atoms. The third kappa shape index (κ3) is 3.33. The lowest BCUT2D eigenvalue weighted by atomic mass is 10.2. The van der Waals surface area contributed by atoms with Gasteiger partial charge in [0.2, 0.25) is 0 Å². The molecule has 1 N–H and O–H groups in total. The number of hydrogen-bond donors (Lipinski definition) is 1. The Balaban J connectivity index is 2.36. The van der Waals surface area contributed by atoms with Crippen LogP contribution in [0.2, 0.25) is 0 Å². The summed E-state index contributed by atoms with van der Waals surface area (Å²) in [5.74, 6) is -0.993. The quantitative estimate of drug-likeness (QED) is 0.855. The Morgan fingerprint density at radius 1 is 1.30 bits per heavy atom. The van der Waals surface area contributed by atoms with Gasteiger partial charge >= 0.3 is 6.18 Å². The van der Waals surface area contributed by atoms with Crippen LogP contribution in [0.15, 0.2) is 0 Å². The number of anilines is 1. The number of carbonyl (C=O) groups excluding carboxylic acids is 1. The summed E-state index contributed by atoms with van der Waals surface area (Å²) in [5.41, 5.74) is -1.08. The van der Waals surface area contributed by atoms with Gasteiger partial charge in [-0.15, -0.1) is 11.3 Å². The zero-order valence-corrected chi connectivity index (χ0v) is 12.9. The van der Waals surface area contributed by atoms with Crippen LogP contribution in [0.3, 0.4) is 0 Å². The van der Waals surface area contributed by atoms with Crippen LogP contribution in [0.25, 0.3) is 0 Å². The number of aromatic nitrogens is 3. The summed E-state index contributed by atoms with van der Waals surface area (Å²) in [4.78, 5) is 15.4. The number of aryl methyl sites for hydroxylation is 3. The van der Waals surface area contributed by atoms with Crippen LogP contribution in [0, 0.1) is 13.8 Å². The molecule has 0 aromatic carbocycles. The Kier molecular flexibility index (Phi) is 4.42. The Morgan fingerprint density at radius 3 is 2.39 bits per heavy atom. The summed E-state index contributed by atoms with van der Waals surface area (Å²) in [6.45, 7) is 2.70. The van der Waals surface area contributed by atoms with Crippen molar-refractivity contribution in [2.75, 3.05) is 5.32 Å². The second-order valence-electron chi connectivity index (χ2n) is 4.65. The molecule has 0 saturated carbocycles. The molecule has 0 fully saturated rings. The molecule has 0 bridgehead atoms. The van der Waals surface area contributed by atoms with E-state index in [9.17, 15) is 26.7 Å². The molecule has 0 atom stereocenters. The summed E-state index contributed by atoms with van der Waals surface area (Å²) < 4.78 is 64.8. The lowest BCUT2D eigenvalue weighted by Crippen LogP contribution is -2.16. The first-order valence-corrected chi connectivity index (χ1v) is 7.01. The summed E-state index contributed by atoms with van der Waals surface area (Å²) in [7, 11) is 1.28. The molecular formula is C12H11F5N4OS. The molecule has 0 aliphatic rings. The highest BCUT2D eigenvalue weighted by molar-refractivity contribution is 7.12. The molecular weight excluding hydrogens is 343 g/mol. The number of thiazole rings is 1. The van der Waals surface area contributed by atoms with E-state index in [2.05, 4.69) is 15.4 Å². The maximum atomic E-state index is 13.0. The van der Waals surface area contributed by atoms with Crippen molar-refractivity contribution in [1.29, 1.82) is 0 Å². The van der Waals surface area contributed by atoms with Crippen LogP contribution in [0.5, 0.6) is 0 Å². The van der Waals surface area contributed by atoms with Gasteiger partial charge in [0.05, 0.1) is 11.4 Å². The van der Waals surface area contributed by atoms with E-state index in [1.165, 1.54) is 20.9 Å². The molecule has 0 aliphatic carbocycles. The first-order valence-electron chi connectivity index (χ1n) is 6.20. The van der Waals surface area contributed by atoms with Crippen molar-refractivity contribution in [3.05, 3.63) is 27.0 Å². The summed E-state index contributed by atoms with van der Waals surface area (Å²) >= 11 is 0.314. The minimum absolute atomic E-state index is 0.0370. The van der Waals surface area contributed by atoms with E-state index in [4.69, 9.17) is 0 Å². The van der Waals surface area contributed by atoms with Crippen molar-refractivity contribution in [3.8, 4) is 0 Å². The molecule has 2 aromatic heterocycles. The number of alkyl halides is 5. The third-order valence-corrected chi connectivity index (χ3v) is 3.98. The van der Waals surface area contributed by atoms with Gasteiger partial charge in [0.1, 0.15) is 11.4 Å². The Labute approximate surface area is 131 Å². The number of nitrogens with one attached hydrogen (secondary N) is 1. The van der Waals surface area contributed by atoms with E-state index >= 15 is 0 Å². The molecule has 0 aliphatic heterocycles. The Bertz CT molecular complexity index is 749. The molecule has 0 unspecified atom stereocenters. The van der Waals surface area contributed by atoms with Crippen molar-refractivity contribution in [2.45, 2.75) is 26.4 Å². The lowest BCUT2D eigenvalue weighted by Gasteiger charge is -2.07. The van der Waals surface area contributed by atoms with Crippen LogP contribution in [-0.2, 0) is 13.2 Å². The van der Waals surface area contributed by atoms with Gasteiger partial charge in [-0.2, -0.15) is 18.3 Å². The zero-order valence-electron chi connectivity index (χ0n) is 12.1. The topological polar surface area (TPSA) is 59.8 Å². The maximum absolute atomic E-state index is 13.0. The molecule has 0 saturated heterocycles. The third-order valence-electron chi connectivity index (χ3n) is 2.97. The van der Waals surface area contributed by atoms with Gasteiger partial charge in [-0.1, -0.05) is 0 Å². The maximum Gasteiger partial charge on any atom is 0.443 e. The number of halogens is 5. The fraction of sp³-hybridized carbons (Fsp3) is 0.417. The van der Waals surface area contributed by atoms with E-state index in [0.717, 1.165) is 4.68 Å². The second kappa shape index (κ2) is 5.87. The van der Waals surface area contributed by atoms with Gasteiger partial charge in [-0.3, -0.25) is 9.48 Å². The molecule has 2 aromatic rings. The number of nitrogens with zero attached hydrogens (tertiary/aromatic N) is 3. The largest absolute Gasteiger partial charge is 0.443 e. The number of amides is 1. The van der Waals surface area contributed by atoms with Crippen molar-refractivity contribution in [1.82, 2.24) is 14.8 Å². The SMILES string of the molecule is Cc1nn(C)c(C(F)F)c1NC(=O)c1nc(C(F)(F)F)sc1C. The molecule has 2 heterocycles. The van der Waals surface area contributed by atoms with Crippen LogP contribution >= 0.6 is 11.3 Å². The van der Waals surface area contributed by atoms with E-state index in [0.29, 0.717) is 11.3 Å². The van der Waals surface area contributed by atoms with Gasteiger partial charge in [-0.25, -0.2) is 13.8 Å². The second-order valence-corrected chi connectivity index (χ2v) is 5.85. The highest BCUT2D eigenvalue weighted by Gasteiger charge is 2.36. The van der Waals surface area contributed by atoms with Crippen LogP contribution in [-0.4, -0.2) is 20.7 Å². The predicted molar refractivity (Wildman–Crippen MR) is 72.7 cm³/mol. The van der Waals surface area contributed by atoms with Gasteiger partial charge in [0.25, 0.3) is 12.3 Å². The highest BCUT2D eigenvalue weighted by Crippen LogP contribution is 2.35. The fourth-order valence-corrected chi connectivity index (χ4v) is 2.76. The average molecular weight is 354 g/mol. The van der Waals surface area contributed by atoms with Crippen molar-refractivity contribution in [3.63, 3.8) is 0 Å². The van der Waals surface area contributed by atoms with E-state index < -0.39 is 34.9 Å². The van der Waals surface area contributed by atoms with Crippen molar-refractivity contribution >= 4 is 22.9 Å². The van der Waals surface area contributed by atoms with Gasteiger partial charge in [0, 0.05) is 11.9 Å². The Morgan fingerprint density at radius 2 is 1.91 bits per heavy atom. The van der Waals surface area contributed by atoms with Gasteiger partial charge in [-0.05, 0) is 13.8 Å². The highest BCUT2D eigenvalue weighted by atomic mass is 32.1. The van der Waals surface area contributed by atoms with Gasteiger partial charge in [0.15, 0.2) is 5.01 Å². The van der Waals surface area contributed by atoms with E-state index in [-0.39, 0.29) is 16.3 Å². The molecule has 2 rings (SSSR count). The minimum Gasteiger partial charge on any atom is -0.317 e. The van der Waals surface area contributed by atoms with Crippen molar-refractivity contribution < 1.29 is 26.7 Å². The van der Waals surface area contributed by atoms with Crippen LogP contribution in [0.4, 0.5) is 27.6 Å². The minimum atomic E-state index is -4.67. The first-order chi connectivity index (χ1) is 10.5. The fourth-order valence-electron chi connectivity index (χ4n) is 1.98. The summed E-state index contributed by atoms with van der Waals surface area (Å²) in [5, 5.41) is 4.78. The standard InChI is InChI=1S/C12H11F5N4OS/c1-4-6(8(9(13)14)21(3)20-4)18-10(22)7-5(2)23-11(19-7)12(15,16)17/h9H,1-3H3,(H,18,22). The molecule has 11 heteroatoms. The summed E-state index contributed by atoms with van der Waals surface area (Å²) in [6, 6.07) is 0.